The van der Waals surface area contributed by atoms with Crippen LogP contribution in [0.2, 0.25) is 0 Å². The van der Waals surface area contributed by atoms with Crippen LogP contribution < -0.4 is 5.32 Å². The molecule has 0 aliphatic heterocycles. The average molecular weight is 638 g/mol. The summed E-state index contributed by atoms with van der Waals surface area (Å²) in [5, 5.41) is 21.3. The van der Waals surface area contributed by atoms with Crippen LogP contribution in [-0.4, -0.2) is 36.5 Å². The van der Waals surface area contributed by atoms with Crippen LogP contribution in [0.1, 0.15) is 244 Å². The van der Waals surface area contributed by atoms with Gasteiger partial charge in [0.25, 0.3) is 0 Å². The van der Waals surface area contributed by atoms with Crippen LogP contribution in [0, 0.1) is 0 Å². The van der Waals surface area contributed by atoms with Gasteiger partial charge in [0, 0.05) is 13.2 Å². The first kappa shape index (κ1) is 44.9. The van der Waals surface area contributed by atoms with Gasteiger partial charge < -0.3 is 15.5 Å². The topological polar surface area (TPSA) is 52.5 Å². The van der Waals surface area contributed by atoms with Crippen LogP contribution in [0.5, 0.6) is 0 Å². The lowest BCUT2D eigenvalue weighted by atomic mass is 10.0. The Hall–Kier alpha value is -0.120. The van der Waals surface area contributed by atoms with Crippen LogP contribution in [0.15, 0.2) is 0 Å². The first-order valence-corrected chi connectivity index (χ1v) is 21.3. The van der Waals surface area contributed by atoms with Crippen LogP contribution >= 0.6 is 0 Å². The molecule has 3 nitrogen and oxygen atoms in total. The van der Waals surface area contributed by atoms with Crippen molar-refractivity contribution in [2.75, 3.05) is 26.3 Å². The summed E-state index contributed by atoms with van der Waals surface area (Å²) >= 11 is 0. The van der Waals surface area contributed by atoms with Crippen LogP contribution in [-0.2, 0) is 0 Å². The second kappa shape index (κ2) is 43.9. The van der Waals surface area contributed by atoms with E-state index in [1.54, 1.807) is 0 Å². The van der Waals surface area contributed by atoms with Gasteiger partial charge in [-0.3, -0.25) is 0 Å². The SMILES string of the molecule is OCCCCCCCCCCCCCCCCCCCCCCNCCCCCCCCCCCCCCCCCCCCO. The van der Waals surface area contributed by atoms with Gasteiger partial charge in [-0.05, 0) is 38.8 Å². The Morgan fingerprint density at radius 3 is 0.467 bits per heavy atom. The highest BCUT2D eigenvalue weighted by Gasteiger charge is 1.98. The molecule has 0 aliphatic rings. The molecule has 3 N–H and O–H groups in total. The van der Waals surface area contributed by atoms with Gasteiger partial charge in [0.15, 0.2) is 0 Å². The van der Waals surface area contributed by atoms with E-state index in [-0.39, 0.29) is 0 Å². The van der Waals surface area contributed by atoms with E-state index in [9.17, 15) is 0 Å². The summed E-state index contributed by atoms with van der Waals surface area (Å²) in [4.78, 5) is 0. The molecule has 0 aromatic rings. The molecule has 0 radical (unpaired) electrons. The Morgan fingerprint density at radius 2 is 0.311 bits per heavy atom. The minimum absolute atomic E-state index is 0.370. The molecule has 0 rings (SSSR count). The Labute approximate surface area is 285 Å². The van der Waals surface area contributed by atoms with Crippen LogP contribution in [0.25, 0.3) is 0 Å². The van der Waals surface area contributed by atoms with Crippen LogP contribution in [0.4, 0.5) is 0 Å². The van der Waals surface area contributed by atoms with Gasteiger partial charge in [-0.25, -0.2) is 0 Å². The molecule has 0 atom stereocenters. The number of aliphatic hydroxyl groups is 2. The molecule has 0 unspecified atom stereocenters. The number of aliphatic hydroxyl groups excluding tert-OH is 2. The number of hydrogen-bond donors (Lipinski definition) is 3. The molecule has 0 amide bonds. The summed E-state index contributed by atoms with van der Waals surface area (Å²) < 4.78 is 0. The standard InChI is InChI=1S/C42H87NO2/c44-41-37-33-29-25-21-17-13-9-5-2-1-3-7-11-15-19-23-27-31-35-39-43-40-36-32-28-24-20-16-12-8-4-6-10-14-18-22-26-30-34-38-42-45/h43-45H,1-42H2. The van der Waals surface area contributed by atoms with Gasteiger partial charge in [0.2, 0.25) is 0 Å². The molecular formula is C42H87NO2. The van der Waals surface area contributed by atoms with E-state index < -0.39 is 0 Å². The fourth-order valence-electron chi connectivity index (χ4n) is 6.86. The maximum atomic E-state index is 8.80. The summed E-state index contributed by atoms with van der Waals surface area (Å²) in [5.74, 6) is 0. The molecule has 45 heavy (non-hydrogen) atoms. The van der Waals surface area contributed by atoms with Gasteiger partial charge in [0.1, 0.15) is 0 Å². The zero-order valence-corrected chi connectivity index (χ0v) is 31.1. The molecule has 0 aliphatic carbocycles. The Morgan fingerprint density at radius 1 is 0.178 bits per heavy atom. The third-order valence-corrected chi connectivity index (χ3v) is 10.0. The highest BCUT2D eigenvalue weighted by atomic mass is 16.3. The highest BCUT2D eigenvalue weighted by Crippen LogP contribution is 2.16. The minimum atomic E-state index is 0.370. The quantitative estimate of drug-likeness (QED) is 0.0584. The summed E-state index contributed by atoms with van der Waals surface area (Å²) in [7, 11) is 0. The number of hydrogen-bond acceptors (Lipinski definition) is 3. The summed E-state index contributed by atoms with van der Waals surface area (Å²) in [6, 6.07) is 0. The smallest absolute Gasteiger partial charge is 0.0431 e. The van der Waals surface area contributed by atoms with E-state index >= 15 is 0 Å². The normalized spacial score (nSPS) is 11.6. The predicted molar refractivity (Wildman–Crippen MR) is 202 cm³/mol. The van der Waals surface area contributed by atoms with Crippen molar-refractivity contribution in [1.29, 1.82) is 0 Å². The van der Waals surface area contributed by atoms with Crippen molar-refractivity contribution in [3.05, 3.63) is 0 Å². The van der Waals surface area contributed by atoms with Crippen molar-refractivity contribution in [3.8, 4) is 0 Å². The highest BCUT2D eigenvalue weighted by molar-refractivity contribution is 4.54. The first-order chi connectivity index (χ1) is 22.4. The molecule has 0 bridgehead atoms. The number of rotatable bonds is 42. The Balaban J connectivity index is 3.03. The summed E-state index contributed by atoms with van der Waals surface area (Å²) in [6.45, 7) is 3.21. The Bertz CT molecular complexity index is 443. The van der Waals surface area contributed by atoms with E-state index in [0.717, 1.165) is 12.8 Å². The molecule has 0 aromatic carbocycles. The fourth-order valence-corrected chi connectivity index (χ4v) is 6.86. The van der Waals surface area contributed by atoms with Crippen molar-refractivity contribution in [3.63, 3.8) is 0 Å². The van der Waals surface area contributed by atoms with Crippen molar-refractivity contribution >= 4 is 0 Å². The monoisotopic (exact) mass is 638 g/mol. The van der Waals surface area contributed by atoms with E-state index in [2.05, 4.69) is 5.32 Å². The lowest BCUT2D eigenvalue weighted by Crippen LogP contribution is -2.16. The number of unbranched alkanes of at least 4 members (excludes halogenated alkanes) is 36. The van der Waals surface area contributed by atoms with E-state index in [1.807, 2.05) is 0 Å². The fraction of sp³-hybridized carbons (Fsp3) is 1.00. The Kier molecular flexibility index (Phi) is 43.8. The lowest BCUT2D eigenvalue weighted by molar-refractivity contribution is 0.282. The van der Waals surface area contributed by atoms with Gasteiger partial charge in [-0.15, -0.1) is 0 Å². The summed E-state index contributed by atoms with van der Waals surface area (Å²) in [6.07, 6.45) is 53.0. The molecule has 0 saturated carbocycles. The molecule has 3 heteroatoms. The van der Waals surface area contributed by atoms with Gasteiger partial charge in [-0.2, -0.15) is 0 Å². The van der Waals surface area contributed by atoms with Crippen molar-refractivity contribution in [1.82, 2.24) is 5.32 Å². The van der Waals surface area contributed by atoms with E-state index in [4.69, 9.17) is 10.2 Å². The lowest BCUT2D eigenvalue weighted by Gasteiger charge is -2.06. The minimum Gasteiger partial charge on any atom is -0.396 e. The third kappa shape index (κ3) is 43.9. The molecule has 0 fully saturated rings. The molecule has 0 aromatic heterocycles. The molecule has 0 heterocycles. The third-order valence-electron chi connectivity index (χ3n) is 10.0. The predicted octanol–water partition coefficient (Wildman–Crippen LogP) is 13.4. The van der Waals surface area contributed by atoms with Crippen molar-refractivity contribution < 1.29 is 10.2 Å². The maximum Gasteiger partial charge on any atom is 0.0431 e. The second-order valence-corrected chi connectivity index (χ2v) is 14.6. The van der Waals surface area contributed by atoms with Crippen molar-refractivity contribution in [2.24, 2.45) is 0 Å². The molecular weight excluding hydrogens is 550 g/mol. The second-order valence-electron chi connectivity index (χ2n) is 14.6. The van der Waals surface area contributed by atoms with Gasteiger partial charge in [-0.1, -0.05) is 218 Å². The first-order valence-electron chi connectivity index (χ1n) is 21.3. The van der Waals surface area contributed by atoms with Crippen molar-refractivity contribution in [2.45, 2.75) is 244 Å². The molecule has 0 spiro atoms. The maximum absolute atomic E-state index is 8.80. The number of nitrogens with one attached hydrogen (secondary N) is 1. The zero-order valence-electron chi connectivity index (χ0n) is 31.1. The van der Waals surface area contributed by atoms with E-state index in [1.165, 1.54) is 244 Å². The molecule has 0 saturated heterocycles. The zero-order chi connectivity index (χ0) is 32.4. The largest absolute Gasteiger partial charge is 0.396 e. The summed E-state index contributed by atoms with van der Waals surface area (Å²) in [5.41, 5.74) is 0. The van der Waals surface area contributed by atoms with Crippen LogP contribution in [0.3, 0.4) is 0 Å². The average Bonchev–Trinajstić information content (AvgIpc) is 3.05. The van der Waals surface area contributed by atoms with E-state index in [0.29, 0.717) is 13.2 Å². The molecule has 272 valence electrons. The van der Waals surface area contributed by atoms with Gasteiger partial charge in [0.05, 0.1) is 0 Å². The van der Waals surface area contributed by atoms with Gasteiger partial charge >= 0.3 is 0 Å².